The summed E-state index contributed by atoms with van der Waals surface area (Å²) in [7, 11) is 0. The summed E-state index contributed by atoms with van der Waals surface area (Å²) in [5.74, 6) is -0.452. The van der Waals surface area contributed by atoms with E-state index in [1.165, 1.54) is 10.8 Å². The number of amides is 1. The number of aryl methyl sites for hydroxylation is 1. The average Bonchev–Trinajstić information content (AvgIpc) is 2.51. The summed E-state index contributed by atoms with van der Waals surface area (Å²) >= 11 is 0. The van der Waals surface area contributed by atoms with E-state index in [0.717, 1.165) is 4.57 Å². The lowest BCUT2D eigenvalue weighted by Crippen LogP contribution is -2.44. The van der Waals surface area contributed by atoms with Crippen LogP contribution in [-0.2, 0) is 22.6 Å². The van der Waals surface area contributed by atoms with E-state index >= 15 is 0 Å². The van der Waals surface area contributed by atoms with Crippen molar-refractivity contribution in [2.24, 2.45) is 0 Å². The number of carbonyl (C=O) groups is 1. The molecule has 0 spiro atoms. The lowest BCUT2D eigenvalue weighted by Gasteiger charge is -2.10. The molecule has 0 fully saturated rings. The van der Waals surface area contributed by atoms with E-state index in [1.807, 2.05) is 13.8 Å². The van der Waals surface area contributed by atoms with Crippen molar-refractivity contribution in [2.75, 3.05) is 13.2 Å². The van der Waals surface area contributed by atoms with E-state index in [9.17, 15) is 14.4 Å². The molecule has 0 saturated heterocycles. The Morgan fingerprint density at radius 3 is 2.70 bits per heavy atom. The third kappa shape index (κ3) is 5.38. The fourth-order valence-corrected chi connectivity index (χ4v) is 1.91. The fourth-order valence-electron chi connectivity index (χ4n) is 1.91. The van der Waals surface area contributed by atoms with Crippen LogP contribution >= 0.6 is 0 Å². The Morgan fingerprint density at radius 2 is 2.13 bits per heavy atom. The Kier molecular flexibility index (Phi) is 7.22. The Morgan fingerprint density at radius 1 is 1.43 bits per heavy atom. The highest BCUT2D eigenvalue weighted by Crippen LogP contribution is 1.90. The summed E-state index contributed by atoms with van der Waals surface area (Å²) in [4.78, 5) is 36.0. The molecule has 0 saturated carbocycles. The van der Waals surface area contributed by atoms with Crippen LogP contribution in [0.4, 0.5) is 0 Å². The second kappa shape index (κ2) is 8.90. The van der Waals surface area contributed by atoms with E-state index in [2.05, 4.69) is 5.32 Å². The number of nitrogens with zero attached hydrogens (tertiary/aromatic N) is 3. The topological polar surface area (TPSA) is 106 Å². The smallest absolute Gasteiger partial charge is 0.331 e. The number of nitriles is 1. The summed E-state index contributed by atoms with van der Waals surface area (Å²) in [6, 6.07) is 1.74. The molecule has 0 bridgehead atoms. The van der Waals surface area contributed by atoms with E-state index < -0.39 is 23.7 Å². The van der Waals surface area contributed by atoms with Gasteiger partial charge in [-0.3, -0.25) is 14.2 Å². The predicted molar refractivity (Wildman–Crippen MR) is 84.1 cm³/mol. The molecular formula is C15H22N4O4. The van der Waals surface area contributed by atoms with E-state index in [-0.39, 0.29) is 11.7 Å². The molecule has 8 heteroatoms. The van der Waals surface area contributed by atoms with Gasteiger partial charge in [-0.2, -0.15) is 5.26 Å². The van der Waals surface area contributed by atoms with Gasteiger partial charge in [0, 0.05) is 25.9 Å². The molecule has 23 heavy (non-hydrogen) atoms. The molecule has 0 aliphatic rings. The van der Waals surface area contributed by atoms with Gasteiger partial charge in [-0.15, -0.1) is 0 Å². The van der Waals surface area contributed by atoms with Crippen molar-refractivity contribution in [1.82, 2.24) is 14.5 Å². The van der Waals surface area contributed by atoms with Crippen molar-refractivity contribution in [1.29, 1.82) is 5.26 Å². The van der Waals surface area contributed by atoms with Crippen molar-refractivity contribution in [3.05, 3.63) is 32.6 Å². The summed E-state index contributed by atoms with van der Waals surface area (Å²) < 4.78 is 7.35. The Balaban J connectivity index is 2.73. The predicted octanol–water partition coefficient (Wildman–Crippen LogP) is -0.167. The van der Waals surface area contributed by atoms with Crippen LogP contribution < -0.4 is 16.6 Å². The molecule has 126 valence electrons. The highest BCUT2D eigenvalue weighted by Gasteiger charge is 2.13. The van der Waals surface area contributed by atoms with Gasteiger partial charge >= 0.3 is 5.69 Å². The van der Waals surface area contributed by atoms with Crippen molar-refractivity contribution >= 4 is 5.91 Å². The highest BCUT2D eigenvalue weighted by atomic mass is 16.5. The maximum Gasteiger partial charge on any atom is 0.331 e. The second-order valence-electron chi connectivity index (χ2n) is 5.24. The Bertz CT molecular complexity index is 697. The van der Waals surface area contributed by atoms with Gasteiger partial charge in [0.2, 0.25) is 5.91 Å². The van der Waals surface area contributed by atoms with Gasteiger partial charge in [-0.25, -0.2) is 9.36 Å². The summed E-state index contributed by atoms with van der Waals surface area (Å²) in [5, 5.41) is 11.6. The van der Waals surface area contributed by atoms with E-state index in [0.29, 0.717) is 26.1 Å². The van der Waals surface area contributed by atoms with Gasteiger partial charge in [0.25, 0.3) is 5.56 Å². The first-order chi connectivity index (χ1) is 10.9. The molecular weight excluding hydrogens is 300 g/mol. The number of nitrogens with one attached hydrogen (secondary N) is 1. The van der Waals surface area contributed by atoms with Gasteiger partial charge in [0.1, 0.15) is 18.2 Å². The standard InChI is InChI=1S/C15H22N4O4/c1-4-18-9-12(8-16)14(21)19(15(18)22)10-13(20)17-6-5-7-23-11(2)3/h9,11H,4-7,10H2,1-3H3,(H,17,20). The van der Waals surface area contributed by atoms with Crippen LogP contribution in [-0.4, -0.2) is 34.3 Å². The molecule has 0 radical (unpaired) electrons. The van der Waals surface area contributed by atoms with Crippen molar-refractivity contribution in [2.45, 2.75) is 46.4 Å². The number of hydrogen-bond acceptors (Lipinski definition) is 5. The normalized spacial score (nSPS) is 10.6. The zero-order valence-electron chi connectivity index (χ0n) is 13.7. The van der Waals surface area contributed by atoms with Crippen molar-refractivity contribution < 1.29 is 9.53 Å². The van der Waals surface area contributed by atoms with Gasteiger partial charge in [0.05, 0.1) is 6.10 Å². The largest absolute Gasteiger partial charge is 0.379 e. The van der Waals surface area contributed by atoms with Gasteiger partial charge in [-0.1, -0.05) is 0 Å². The monoisotopic (exact) mass is 322 g/mol. The molecule has 1 N–H and O–H groups in total. The van der Waals surface area contributed by atoms with Crippen molar-refractivity contribution in [3.8, 4) is 6.07 Å². The quantitative estimate of drug-likeness (QED) is 0.669. The maximum atomic E-state index is 12.1. The lowest BCUT2D eigenvalue weighted by molar-refractivity contribution is -0.121. The first kappa shape index (κ1) is 18.6. The number of hydrogen-bond donors (Lipinski definition) is 1. The van der Waals surface area contributed by atoms with Crippen LogP contribution in [0.3, 0.4) is 0 Å². The number of aromatic nitrogens is 2. The third-order valence-electron chi connectivity index (χ3n) is 3.09. The summed E-state index contributed by atoms with van der Waals surface area (Å²) in [6.45, 7) is 6.37. The molecule has 1 amide bonds. The number of carbonyl (C=O) groups excluding carboxylic acids is 1. The third-order valence-corrected chi connectivity index (χ3v) is 3.09. The van der Waals surface area contributed by atoms with Crippen LogP contribution in [0, 0.1) is 11.3 Å². The molecule has 0 unspecified atom stereocenters. The summed E-state index contributed by atoms with van der Waals surface area (Å²) in [6.07, 6.45) is 1.98. The zero-order valence-corrected chi connectivity index (χ0v) is 13.7. The molecule has 0 aliphatic carbocycles. The maximum absolute atomic E-state index is 12.1. The highest BCUT2D eigenvalue weighted by molar-refractivity contribution is 5.75. The fraction of sp³-hybridized carbons (Fsp3) is 0.600. The Hall–Kier alpha value is -2.40. The molecule has 1 aromatic rings. The number of rotatable bonds is 8. The zero-order chi connectivity index (χ0) is 17.4. The minimum absolute atomic E-state index is 0.130. The van der Waals surface area contributed by atoms with Gasteiger partial charge in [-0.05, 0) is 27.2 Å². The van der Waals surface area contributed by atoms with Crippen LogP contribution in [0.5, 0.6) is 0 Å². The average molecular weight is 322 g/mol. The molecule has 0 aliphatic heterocycles. The van der Waals surface area contributed by atoms with Crippen LogP contribution in [0.1, 0.15) is 32.8 Å². The second-order valence-corrected chi connectivity index (χ2v) is 5.24. The molecule has 1 heterocycles. The van der Waals surface area contributed by atoms with Crippen LogP contribution in [0.25, 0.3) is 0 Å². The lowest BCUT2D eigenvalue weighted by atomic mass is 10.3. The van der Waals surface area contributed by atoms with Crippen molar-refractivity contribution in [3.63, 3.8) is 0 Å². The minimum Gasteiger partial charge on any atom is -0.379 e. The molecule has 0 atom stereocenters. The van der Waals surface area contributed by atoms with Crippen LogP contribution in [0.15, 0.2) is 15.8 Å². The van der Waals surface area contributed by atoms with Crippen LogP contribution in [0.2, 0.25) is 0 Å². The van der Waals surface area contributed by atoms with E-state index in [1.54, 1.807) is 13.0 Å². The van der Waals surface area contributed by atoms with Gasteiger partial charge in [0.15, 0.2) is 0 Å². The Labute approximate surface area is 134 Å². The molecule has 1 rings (SSSR count). The summed E-state index contributed by atoms with van der Waals surface area (Å²) in [5.41, 5.74) is -1.51. The first-order valence-electron chi connectivity index (χ1n) is 7.53. The molecule has 8 nitrogen and oxygen atoms in total. The minimum atomic E-state index is -0.750. The van der Waals surface area contributed by atoms with E-state index in [4.69, 9.17) is 10.00 Å². The van der Waals surface area contributed by atoms with Gasteiger partial charge < -0.3 is 10.1 Å². The SMILES string of the molecule is CCn1cc(C#N)c(=O)n(CC(=O)NCCCOC(C)C)c1=O. The number of ether oxygens (including phenoxy) is 1. The molecule has 1 aromatic heterocycles. The first-order valence-corrected chi connectivity index (χ1v) is 7.53. The molecule has 0 aromatic carbocycles.